The average Bonchev–Trinajstić information content (AvgIpc) is 2.83. The predicted octanol–water partition coefficient (Wildman–Crippen LogP) is 1.38. The van der Waals surface area contributed by atoms with Crippen LogP contribution in [-0.2, 0) is 14.6 Å². The summed E-state index contributed by atoms with van der Waals surface area (Å²) in [4.78, 5) is 23.3. The molecule has 6 nitrogen and oxygen atoms in total. The summed E-state index contributed by atoms with van der Waals surface area (Å²) in [7, 11) is -3.36. The zero-order valence-corrected chi connectivity index (χ0v) is 13.0. The Hall–Kier alpha value is -1.41. The maximum atomic E-state index is 12.0. The second-order valence-corrected chi connectivity index (χ2v) is 7.89. The van der Waals surface area contributed by atoms with Crippen molar-refractivity contribution in [1.82, 2.24) is 5.32 Å². The maximum Gasteiger partial charge on any atom is 0.326 e. The molecule has 0 aliphatic heterocycles. The molecule has 0 unspecified atom stereocenters. The molecule has 0 saturated carbocycles. The van der Waals surface area contributed by atoms with Gasteiger partial charge in [-0.15, -0.1) is 11.3 Å². The summed E-state index contributed by atoms with van der Waals surface area (Å²) in [6, 6.07) is 1.73. The van der Waals surface area contributed by atoms with Gasteiger partial charge in [0, 0.05) is 6.26 Å². The first kappa shape index (κ1) is 16.6. The molecule has 2 N–H and O–H groups in total. The van der Waals surface area contributed by atoms with Crippen LogP contribution in [0.15, 0.2) is 16.3 Å². The molecule has 8 heteroatoms. The number of carboxylic acid groups (broad SMARTS) is 1. The number of carboxylic acids is 1. The fraction of sp³-hybridized carbons (Fsp3) is 0.500. The van der Waals surface area contributed by atoms with Gasteiger partial charge in [0.05, 0.1) is 4.88 Å². The lowest BCUT2D eigenvalue weighted by molar-refractivity contribution is -0.140. The van der Waals surface area contributed by atoms with E-state index in [1.54, 1.807) is 6.92 Å². The van der Waals surface area contributed by atoms with E-state index in [0.717, 1.165) is 17.6 Å². The second-order valence-electron chi connectivity index (χ2n) is 4.57. The van der Waals surface area contributed by atoms with Crippen LogP contribution in [-0.4, -0.2) is 37.7 Å². The first-order valence-corrected chi connectivity index (χ1v) is 8.71. The van der Waals surface area contributed by atoms with E-state index in [9.17, 15) is 18.0 Å². The Labute approximate surface area is 121 Å². The van der Waals surface area contributed by atoms with E-state index < -0.39 is 27.8 Å². The number of carbonyl (C=O) groups excluding carboxylic acids is 1. The molecule has 0 saturated heterocycles. The van der Waals surface area contributed by atoms with E-state index in [0.29, 0.717) is 6.42 Å². The van der Waals surface area contributed by atoms with Crippen molar-refractivity contribution in [2.45, 2.75) is 30.5 Å². The largest absolute Gasteiger partial charge is 0.480 e. The van der Waals surface area contributed by atoms with Crippen LogP contribution in [0.4, 0.5) is 0 Å². The van der Waals surface area contributed by atoms with Crippen LogP contribution < -0.4 is 5.32 Å². The number of hydrogen-bond donors (Lipinski definition) is 2. The van der Waals surface area contributed by atoms with E-state index in [4.69, 9.17) is 5.11 Å². The van der Waals surface area contributed by atoms with Gasteiger partial charge in [-0.25, -0.2) is 13.2 Å². The van der Waals surface area contributed by atoms with Crippen LogP contribution in [0.5, 0.6) is 0 Å². The summed E-state index contributed by atoms with van der Waals surface area (Å²) in [6.45, 7) is 3.56. The van der Waals surface area contributed by atoms with Gasteiger partial charge >= 0.3 is 5.97 Å². The van der Waals surface area contributed by atoms with E-state index in [2.05, 4.69) is 5.32 Å². The second kappa shape index (κ2) is 6.36. The van der Waals surface area contributed by atoms with Crippen LogP contribution >= 0.6 is 11.3 Å². The Bertz CT molecular complexity index is 605. The first-order valence-electron chi connectivity index (χ1n) is 6.00. The Morgan fingerprint density at radius 2 is 2.00 bits per heavy atom. The smallest absolute Gasteiger partial charge is 0.326 e. The minimum atomic E-state index is -3.36. The lowest BCUT2D eigenvalue weighted by Gasteiger charge is -2.19. The SMILES string of the molecule is CC[C@H](C)[C@H](NC(=O)c1ccc(S(C)(=O)=O)s1)C(=O)O. The summed E-state index contributed by atoms with van der Waals surface area (Å²) < 4.78 is 22.8. The highest BCUT2D eigenvalue weighted by Crippen LogP contribution is 2.21. The number of hydrogen-bond acceptors (Lipinski definition) is 5. The fourth-order valence-electron chi connectivity index (χ4n) is 1.54. The zero-order chi connectivity index (χ0) is 15.5. The van der Waals surface area contributed by atoms with Gasteiger partial charge < -0.3 is 10.4 Å². The number of sulfone groups is 1. The van der Waals surface area contributed by atoms with Crippen molar-refractivity contribution in [1.29, 1.82) is 0 Å². The monoisotopic (exact) mass is 319 g/mol. The highest BCUT2D eigenvalue weighted by molar-refractivity contribution is 7.92. The molecule has 112 valence electrons. The molecule has 1 heterocycles. The number of amides is 1. The van der Waals surface area contributed by atoms with E-state index in [-0.39, 0.29) is 15.0 Å². The highest BCUT2D eigenvalue weighted by atomic mass is 32.2. The third-order valence-corrected chi connectivity index (χ3v) is 5.84. The molecule has 0 bridgehead atoms. The number of nitrogens with one attached hydrogen (secondary N) is 1. The highest BCUT2D eigenvalue weighted by Gasteiger charge is 2.26. The summed E-state index contributed by atoms with van der Waals surface area (Å²) in [5.41, 5.74) is 0. The van der Waals surface area contributed by atoms with Crippen molar-refractivity contribution in [2.24, 2.45) is 5.92 Å². The molecule has 0 aromatic carbocycles. The van der Waals surface area contributed by atoms with Crippen LogP contribution in [0.3, 0.4) is 0 Å². The van der Waals surface area contributed by atoms with Crippen LogP contribution in [0.25, 0.3) is 0 Å². The fourth-order valence-corrected chi connectivity index (χ4v) is 3.37. The van der Waals surface area contributed by atoms with Crippen molar-refractivity contribution in [2.75, 3.05) is 6.26 Å². The topological polar surface area (TPSA) is 101 Å². The third kappa shape index (κ3) is 4.04. The summed E-state index contributed by atoms with van der Waals surface area (Å²) in [5, 5.41) is 11.5. The molecule has 1 aromatic heterocycles. The van der Waals surface area contributed by atoms with Crippen molar-refractivity contribution < 1.29 is 23.1 Å². The van der Waals surface area contributed by atoms with Crippen molar-refractivity contribution in [3.8, 4) is 0 Å². The average molecular weight is 319 g/mol. The van der Waals surface area contributed by atoms with Crippen molar-refractivity contribution >= 4 is 33.1 Å². The molecule has 1 rings (SSSR count). The maximum absolute atomic E-state index is 12.0. The van der Waals surface area contributed by atoms with Gasteiger partial charge in [-0.3, -0.25) is 4.79 Å². The van der Waals surface area contributed by atoms with Crippen LogP contribution in [0.2, 0.25) is 0 Å². The molecule has 2 atom stereocenters. The van der Waals surface area contributed by atoms with E-state index in [1.807, 2.05) is 6.92 Å². The molecule has 1 amide bonds. The lowest BCUT2D eigenvalue weighted by Crippen LogP contribution is -2.44. The molecular formula is C12H17NO5S2. The summed E-state index contributed by atoms with van der Waals surface area (Å²) in [5.74, 6) is -1.89. The third-order valence-electron chi connectivity index (χ3n) is 2.94. The Morgan fingerprint density at radius 3 is 2.40 bits per heavy atom. The first-order chi connectivity index (χ1) is 9.16. The quantitative estimate of drug-likeness (QED) is 0.825. The van der Waals surface area contributed by atoms with E-state index >= 15 is 0 Å². The molecule has 1 aromatic rings. The van der Waals surface area contributed by atoms with Gasteiger partial charge in [0.25, 0.3) is 5.91 Å². The zero-order valence-electron chi connectivity index (χ0n) is 11.4. The number of carbonyl (C=O) groups is 2. The predicted molar refractivity (Wildman–Crippen MR) is 75.8 cm³/mol. The molecule has 0 aliphatic carbocycles. The number of aliphatic carboxylic acids is 1. The molecule has 0 radical (unpaired) electrons. The van der Waals surface area contributed by atoms with Gasteiger partial charge in [-0.05, 0) is 18.1 Å². The molecule has 0 spiro atoms. The standard InChI is InChI=1S/C12H17NO5S2/c1-4-7(2)10(12(15)16)13-11(14)8-5-6-9(19-8)20(3,17)18/h5-7,10H,4H2,1-3H3,(H,13,14)(H,15,16)/t7-,10-/m0/s1. The van der Waals surface area contributed by atoms with Crippen molar-refractivity contribution in [3.63, 3.8) is 0 Å². The Kier molecular flexibility index (Phi) is 5.29. The van der Waals surface area contributed by atoms with Gasteiger partial charge in [0.15, 0.2) is 9.84 Å². The number of rotatable bonds is 6. The van der Waals surface area contributed by atoms with Crippen LogP contribution in [0.1, 0.15) is 29.9 Å². The lowest BCUT2D eigenvalue weighted by atomic mass is 9.99. The minimum Gasteiger partial charge on any atom is -0.480 e. The Balaban J connectivity index is 2.90. The van der Waals surface area contributed by atoms with Gasteiger partial charge in [-0.1, -0.05) is 20.3 Å². The van der Waals surface area contributed by atoms with Crippen LogP contribution in [0, 0.1) is 5.92 Å². The molecule has 20 heavy (non-hydrogen) atoms. The van der Waals surface area contributed by atoms with E-state index in [1.165, 1.54) is 12.1 Å². The Morgan fingerprint density at radius 1 is 1.40 bits per heavy atom. The number of thiophene rings is 1. The molecule has 0 fully saturated rings. The summed E-state index contributed by atoms with van der Waals surface area (Å²) in [6.07, 6.45) is 1.66. The molecule has 0 aliphatic rings. The minimum absolute atomic E-state index is 0.0815. The normalized spacial score (nSPS) is 14.6. The molecular weight excluding hydrogens is 302 g/mol. The van der Waals surface area contributed by atoms with Gasteiger partial charge in [0.2, 0.25) is 0 Å². The van der Waals surface area contributed by atoms with Gasteiger partial charge in [0.1, 0.15) is 10.3 Å². The van der Waals surface area contributed by atoms with Crippen molar-refractivity contribution in [3.05, 3.63) is 17.0 Å². The summed E-state index contributed by atoms with van der Waals surface area (Å²) >= 11 is 0.828. The van der Waals surface area contributed by atoms with Gasteiger partial charge in [-0.2, -0.15) is 0 Å².